The normalized spacial score (nSPS) is 16.9. The second kappa shape index (κ2) is 6.18. The summed E-state index contributed by atoms with van der Waals surface area (Å²) in [7, 11) is 0. The number of carbonyl (C=O) groups excluding carboxylic acids is 2. The van der Waals surface area contributed by atoms with Crippen LogP contribution in [0.1, 0.15) is 42.5 Å². The number of aryl methyl sites for hydroxylation is 2. The molecule has 1 unspecified atom stereocenters. The summed E-state index contributed by atoms with van der Waals surface area (Å²) in [6, 6.07) is 6.30. The van der Waals surface area contributed by atoms with Crippen molar-refractivity contribution in [1.29, 1.82) is 0 Å². The summed E-state index contributed by atoms with van der Waals surface area (Å²) in [6.07, 6.45) is 0.703. The summed E-state index contributed by atoms with van der Waals surface area (Å²) in [6.45, 7) is 7.38. The lowest BCUT2D eigenvalue weighted by Crippen LogP contribution is -2.38. The molecule has 1 aliphatic heterocycles. The monoisotopic (exact) mass is 274 g/mol. The van der Waals surface area contributed by atoms with Gasteiger partial charge in [0, 0.05) is 19.4 Å². The summed E-state index contributed by atoms with van der Waals surface area (Å²) in [4.78, 5) is 25.0. The molecule has 0 spiro atoms. The number of nitrogens with zero attached hydrogens (tertiary/aromatic N) is 1. The molecule has 1 aromatic carbocycles. The van der Waals surface area contributed by atoms with Gasteiger partial charge in [-0.15, -0.1) is 0 Å². The fraction of sp³-hybridized carbons (Fsp3) is 0.500. The second-order valence-corrected chi connectivity index (χ2v) is 5.37. The number of imide groups is 1. The van der Waals surface area contributed by atoms with Crippen LogP contribution in [-0.2, 0) is 9.59 Å². The molecular formula is C16H22N2O2. The SMILES string of the molecule is CCNC(CN1C(=O)CCC1=O)c1cc(C)ccc1C. The zero-order valence-corrected chi connectivity index (χ0v) is 12.4. The highest BCUT2D eigenvalue weighted by molar-refractivity contribution is 6.01. The average molecular weight is 274 g/mol. The van der Waals surface area contributed by atoms with Crippen LogP contribution in [0.25, 0.3) is 0 Å². The van der Waals surface area contributed by atoms with Gasteiger partial charge in [-0.1, -0.05) is 30.7 Å². The molecule has 1 aliphatic rings. The molecule has 0 aromatic heterocycles. The van der Waals surface area contributed by atoms with Gasteiger partial charge >= 0.3 is 0 Å². The van der Waals surface area contributed by atoms with Gasteiger partial charge in [0.1, 0.15) is 0 Å². The highest BCUT2D eigenvalue weighted by atomic mass is 16.2. The number of nitrogens with one attached hydrogen (secondary N) is 1. The molecule has 0 saturated carbocycles. The van der Waals surface area contributed by atoms with E-state index < -0.39 is 0 Å². The molecule has 0 aliphatic carbocycles. The van der Waals surface area contributed by atoms with E-state index in [-0.39, 0.29) is 17.9 Å². The number of amides is 2. The summed E-state index contributed by atoms with van der Waals surface area (Å²) in [5.74, 6) is -0.105. The van der Waals surface area contributed by atoms with Gasteiger partial charge in [-0.05, 0) is 31.5 Å². The van der Waals surface area contributed by atoms with Gasteiger partial charge in [-0.3, -0.25) is 14.5 Å². The lowest BCUT2D eigenvalue weighted by molar-refractivity contribution is -0.138. The molecule has 1 heterocycles. The first-order chi connectivity index (χ1) is 9.52. The van der Waals surface area contributed by atoms with Crippen molar-refractivity contribution in [3.05, 3.63) is 34.9 Å². The third-order valence-electron chi connectivity index (χ3n) is 3.78. The van der Waals surface area contributed by atoms with Crippen molar-refractivity contribution in [3.63, 3.8) is 0 Å². The molecular weight excluding hydrogens is 252 g/mol. The lowest BCUT2D eigenvalue weighted by atomic mass is 9.98. The number of benzene rings is 1. The van der Waals surface area contributed by atoms with Crippen LogP contribution in [0, 0.1) is 13.8 Å². The molecule has 108 valence electrons. The minimum Gasteiger partial charge on any atom is -0.309 e. The Morgan fingerprint density at radius 2 is 1.85 bits per heavy atom. The summed E-state index contributed by atoms with van der Waals surface area (Å²) >= 11 is 0. The number of rotatable bonds is 5. The van der Waals surface area contributed by atoms with Crippen LogP contribution < -0.4 is 5.32 Å². The molecule has 2 amide bonds. The van der Waals surface area contributed by atoms with Crippen LogP contribution in [0.5, 0.6) is 0 Å². The Labute approximate surface area is 120 Å². The van der Waals surface area contributed by atoms with E-state index in [0.29, 0.717) is 19.4 Å². The fourth-order valence-electron chi connectivity index (χ4n) is 2.66. The number of carbonyl (C=O) groups is 2. The van der Waals surface area contributed by atoms with Crippen molar-refractivity contribution in [2.24, 2.45) is 0 Å². The second-order valence-electron chi connectivity index (χ2n) is 5.37. The highest BCUT2D eigenvalue weighted by Gasteiger charge is 2.31. The molecule has 0 bridgehead atoms. The molecule has 1 fully saturated rings. The molecule has 1 saturated heterocycles. The Bertz CT molecular complexity index is 509. The molecule has 2 rings (SSSR count). The fourth-order valence-corrected chi connectivity index (χ4v) is 2.66. The maximum Gasteiger partial charge on any atom is 0.229 e. The van der Waals surface area contributed by atoms with E-state index in [4.69, 9.17) is 0 Å². The predicted octanol–water partition coefficient (Wildman–Crippen LogP) is 2.10. The van der Waals surface area contributed by atoms with Gasteiger partial charge in [0.25, 0.3) is 0 Å². The predicted molar refractivity (Wildman–Crippen MR) is 78.3 cm³/mol. The quantitative estimate of drug-likeness (QED) is 0.837. The van der Waals surface area contributed by atoms with Gasteiger partial charge in [0.05, 0.1) is 6.04 Å². The molecule has 4 nitrogen and oxygen atoms in total. The Balaban J connectivity index is 2.24. The van der Waals surface area contributed by atoms with E-state index in [1.54, 1.807) is 0 Å². The van der Waals surface area contributed by atoms with Crippen molar-refractivity contribution in [3.8, 4) is 0 Å². The largest absolute Gasteiger partial charge is 0.309 e. The third kappa shape index (κ3) is 3.07. The summed E-state index contributed by atoms with van der Waals surface area (Å²) in [5, 5.41) is 3.39. The van der Waals surface area contributed by atoms with Crippen LogP contribution in [-0.4, -0.2) is 29.8 Å². The Morgan fingerprint density at radius 1 is 1.20 bits per heavy atom. The van der Waals surface area contributed by atoms with Crippen molar-refractivity contribution >= 4 is 11.8 Å². The van der Waals surface area contributed by atoms with Crippen molar-refractivity contribution in [1.82, 2.24) is 10.2 Å². The Kier molecular flexibility index (Phi) is 4.55. The van der Waals surface area contributed by atoms with Crippen LogP contribution in [0.3, 0.4) is 0 Å². The first-order valence-electron chi connectivity index (χ1n) is 7.16. The number of hydrogen-bond donors (Lipinski definition) is 1. The van der Waals surface area contributed by atoms with Gasteiger partial charge in [0.15, 0.2) is 0 Å². The lowest BCUT2D eigenvalue weighted by Gasteiger charge is -2.25. The first-order valence-corrected chi connectivity index (χ1v) is 7.16. The van der Waals surface area contributed by atoms with Crippen molar-refractivity contribution < 1.29 is 9.59 Å². The highest BCUT2D eigenvalue weighted by Crippen LogP contribution is 2.23. The van der Waals surface area contributed by atoms with E-state index in [1.165, 1.54) is 21.6 Å². The minimum absolute atomic E-state index is 0.00546. The van der Waals surface area contributed by atoms with Gasteiger partial charge in [0.2, 0.25) is 11.8 Å². The van der Waals surface area contributed by atoms with Gasteiger partial charge < -0.3 is 5.32 Å². The molecule has 1 aromatic rings. The maximum absolute atomic E-state index is 11.8. The van der Waals surface area contributed by atoms with E-state index in [0.717, 1.165) is 6.54 Å². The number of hydrogen-bond acceptors (Lipinski definition) is 3. The van der Waals surface area contributed by atoms with E-state index >= 15 is 0 Å². The first kappa shape index (κ1) is 14.7. The van der Waals surface area contributed by atoms with Crippen LogP contribution >= 0.6 is 0 Å². The van der Waals surface area contributed by atoms with Crippen LogP contribution in [0.4, 0.5) is 0 Å². The van der Waals surface area contributed by atoms with Crippen LogP contribution in [0.15, 0.2) is 18.2 Å². The molecule has 4 heteroatoms. The zero-order valence-electron chi connectivity index (χ0n) is 12.4. The van der Waals surface area contributed by atoms with Gasteiger partial charge in [-0.2, -0.15) is 0 Å². The number of likely N-dealkylation sites (N-methyl/N-ethyl adjacent to an activating group) is 1. The molecule has 20 heavy (non-hydrogen) atoms. The summed E-state index contributed by atoms with van der Waals surface area (Å²) < 4.78 is 0. The standard InChI is InChI=1S/C16H22N2O2/c1-4-17-14(10-18-15(19)7-8-16(18)20)13-9-11(2)5-6-12(13)3/h5-6,9,14,17H,4,7-8,10H2,1-3H3. The topological polar surface area (TPSA) is 49.4 Å². The van der Waals surface area contributed by atoms with Crippen molar-refractivity contribution in [2.75, 3.05) is 13.1 Å². The Morgan fingerprint density at radius 3 is 2.45 bits per heavy atom. The maximum atomic E-state index is 11.8. The average Bonchev–Trinajstić information content (AvgIpc) is 2.72. The van der Waals surface area contributed by atoms with E-state index in [1.807, 2.05) is 6.92 Å². The van der Waals surface area contributed by atoms with Crippen molar-refractivity contribution in [2.45, 2.75) is 39.7 Å². The van der Waals surface area contributed by atoms with Gasteiger partial charge in [-0.25, -0.2) is 0 Å². The zero-order chi connectivity index (χ0) is 14.7. The van der Waals surface area contributed by atoms with E-state index in [9.17, 15) is 9.59 Å². The number of likely N-dealkylation sites (tertiary alicyclic amines) is 1. The summed E-state index contributed by atoms with van der Waals surface area (Å²) in [5.41, 5.74) is 3.53. The third-order valence-corrected chi connectivity index (χ3v) is 3.78. The van der Waals surface area contributed by atoms with Crippen LogP contribution in [0.2, 0.25) is 0 Å². The molecule has 1 N–H and O–H groups in total. The molecule has 0 radical (unpaired) electrons. The van der Waals surface area contributed by atoms with E-state index in [2.05, 4.69) is 37.4 Å². The minimum atomic E-state index is -0.0526. The Hall–Kier alpha value is -1.68. The smallest absolute Gasteiger partial charge is 0.229 e. The molecule has 1 atom stereocenters.